The van der Waals surface area contributed by atoms with Crippen LogP contribution in [0.1, 0.15) is 37.4 Å². The van der Waals surface area contributed by atoms with E-state index in [4.69, 9.17) is 0 Å². The van der Waals surface area contributed by atoms with Gasteiger partial charge in [0.1, 0.15) is 0 Å². The van der Waals surface area contributed by atoms with Crippen molar-refractivity contribution in [3.05, 3.63) is 16.1 Å². The van der Waals surface area contributed by atoms with Gasteiger partial charge in [0.25, 0.3) is 0 Å². The van der Waals surface area contributed by atoms with Gasteiger partial charge in [0.2, 0.25) is 0 Å². The van der Waals surface area contributed by atoms with Crippen LogP contribution in [-0.2, 0) is 0 Å². The van der Waals surface area contributed by atoms with E-state index in [2.05, 4.69) is 38.0 Å². The number of nitrogens with one attached hydrogen (secondary N) is 1. The van der Waals surface area contributed by atoms with Crippen LogP contribution in [0.5, 0.6) is 0 Å². The first-order chi connectivity index (χ1) is 7.15. The Morgan fingerprint density at radius 1 is 1.53 bits per heavy atom. The Bertz CT molecular complexity index is 286. The lowest BCUT2D eigenvalue weighted by Crippen LogP contribution is -2.30. The first-order valence-corrected chi connectivity index (χ1v) is 7.42. The average molecular weight is 244 g/mol. The number of aromatic nitrogens is 1. The second kappa shape index (κ2) is 6.51. The molecule has 86 valence electrons. The predicted molar refractivity (Wildman–Crippen MR) is 70.9 cm³/mol. The maximum Gasteiger partial charge on any atom is 0.0798 e. The molecule has 0 bridgehead atoms. The summed E-state index contributed by atoms with van der Waals surface area (Å²) in [4.78, 5) is 5.64. The molecular formula is C11H20N2S2. The van der Waals surface area contributed by atoms with Crippen molar-refractivity contribution in [3.63, 3.8) is 0 Å². The molecule has 2 atom stereocenters. The fourth-order valence-corrected chi connectivity index (χ4v) is 3.08. The van der Waals surface area contributed by atoms with Crippen LogP contribution in [0.25, 0.3) is 0 Å². The number of rotatable bonds is 6. The molecule has 0 aliphatic heterocycles. The van der Waals surface area contributed by atoms with Gasteiger partial charge >= 0.3 is 0 Å². The van der Waals surface area contributed by atoms with E-state index < -0.39 is 0 Å². The van der Waals surface area contributed by atoms with Gasteiger partial charge in [0, 0.05) is 22.7 Å². The van der Waals surface area contributed by atoms with E-state index >= 15 is 0 Å². The van der Waals surface area contributed by atoms with Crippen molar-refractivity contribution in [2.75, 3.05) is 11.5 Å². The molecule has 2 unspecified atom stereocenters. The van der Waals surface area contributed by atoms with Crippen LogP contribution in [0.2, 0.25) is 0 Å². The van der Waals surface area contributed by atoms with Gasteiger partial charge in [-0.15, -0.1) is 11.3 Å². The molecule has 1 rings (SSSR count). The van der Waals surface area contributed by atoms with Gasteiger partial charge in [-0.2, -0.15) is 11.8 Å². The minimum atomic E-state index is 0.421. The van der Waals surface area contributed by atoms with Gasteiger partial charge in [0.15, 0.2) is 0 Å². The predicted octanol–water partition coefficient (Wildman–Crippen LogP) is 3.24. The third-order valence-electron chi connectivity index (χ3n) is 2.28. The highest BCUT2D eigenvalue weighted by atomic mass is 32.2. The third-order valence-corrected chi connectivity index (χ3v) is 4.54. The molecule has 0 radical (unpaired) electrons. The van der Waals surface area contributed by atoms with Crippen LogP contribution in [0, 0.1) is 6.92 Å². The van der Waals surface area contributed by atoms with Crippen LogP contribution < -0.4 is 5.32 Å². The van der Waals surface area contributed by atoms with Gasteiger partial charge in [0.05, 0.1) is 11.2 Å². The molecule has 15 heavy (non-hydrogen) atoms. The molecule has 1 heterocycles. The maximum absolute atomic E-state index is 4.28. The second-order valence-electron chi connectivity index (χ2n) is 3.75. The summed E-state index contributed by atoms with van der Waals surface area (Å²) in [6, 6.07) is 0.983. The number of thioether (sulfide) groups is 1. The van der Waals surface area contributed by atoms with E-state index in [1.807, 2.05) is 17.3 Å². The Morgan fingerprint density at radius 2 is 2.27 bits per heavy atom. The van der Waals surface area contributed by atoms with Crippen molar-refractivity contribution in [2.45, 2.75) is 39.8 Å². The molecule has 0 saturated heterocycles. The first kappa shape index (κ1) is 13.0. The van der Waals surface area contributed by atoms with Crippen molar-refractivity contribution >= 4 is 23.1 Å². The molecule has 0 amide bonds. The van der Waals surface area contributed by atoms with Crippen molar-refractivity contribution in [1.82, 2.24) is 10.3 Å². The van der Waals surface area contributed by atoms with Crippen LogP contribution in [0.15, 0.2) is 5.51 Å². The summed E-state index contributed by atoms with van der Waals surface area (Å²) in [5.41, 5.74) is 3.09. The highest BCUT2D eigenvalue weighted by molar-refractivity contribution is 7.99. The SMILES string of the molecule is CCSCC(C)NC(C)c1scnc1C. The quantitative estimate of drug-likeness (QED) is 0.831. The fraction of sp³-hybridized carbons (Fsp3) is 0.727. The Hall–Kier alpha value is -0.0600. The molecule has 0 aliphatic carbocycles. The van der Waals surface area contributed by atoms with Crippen molar-refractivity contribution in [2.24, 2.45) is 0 Å². The first-order valence-electron chi connectivity index (χ1n) is 5.39. The largest absolute Gasteiger partial charge is 0.306 e. The lowest BCUT2D eigenvalue weighted by Gasteiger charge is -2.19. The lowest BCUT2D eigenvalue weighted by molar-refractivity contribution is 0.515. The van der Waals surface area contributed by atoms with E-state index in [0.29, 0.717) is 12.1 Å². The van der Waals surface area contributed by atoms with Crippen molar-refractivity contribution < 1.29 is 0 Å². The lowest BCUT2D eigenvalue weighted by atomic mass is 10.2. The van der Waals surface area contributed by atoms with Gasteiger partial charge in [-0.25, -0.2) is 4.98 Å². The number of nitrogens with zero attached hydrogens (tertiary/aromatic N) is 1. The van der Waals surface area contributed by atoms with E-state index in [1.165, 1.54) is 16.4 Å². The topological polar surface area (TPSA) is 24.9 Å². The smallest absolute Gasteiger partial charge is 0.0798 e. The molecular weight excluding hydrogens is 224 g/mol. The zero-order chi connectivity index (χ0) is 11.3. The monoisotopic (exact) mass is 244 g/mol. The Morgan fingerprint density at radius 3 is 2.80 bits per heavy atom. The Balaban J connectivity index is 2.42. The molecule has 4 heteroatoms. The van der Waals surface area contributed by atoms with Crippen LogP contribution in [0.3, 0.4) is 0 Å². The van der Waals surface area contributed by atoms with Gasteiger partial charge in [-0.1, -0.05) is 6.92 Å². The average Bonchev–Trinajstić information content (AvgIpc) is 2.61. The molecule has 0 fully saturated rings. The van der Waals surface area contributed by atoms with E-state index in [-0.39, 0.29) is 0 Å². The summed E-state index contributed by atoms with van der Waals surface area (Å²) >= 11 is 3.73. The fourth-order valence-electron chi connectivity index (χ4n) is 1.57. The van der Waals surface area contributed by atoms with Crippen LogP contribution >= 0.6 is 23.1 Å². The number of aryl methyl sites for hydroxylation is 1. The minimum absolute atomic E-state index is 0.421. The van der Waals surface area contributed by atoms with Crippen LogP contribution in [0.4, 0.5) is 0 Å². The zero-order valence-electron chi connectivity index (χ0n) is 9.91. The molecule has 1 N–H and O–H groups in total. The van der Waals surface area contributed by atoms with Gasteiger partial charge < -0.3 is 5.32 Å². The maximum atomic E-state index is 4.28. The van der Waals surface area contributed by atoms with Gasteiger partial charge in [-0.05, 0) is 26.5 Å². The highest BCUT2D eigenvalue weighted by Gasteiger charge is 2.13. The highest BCUT2D eigenvalue weighted by Crippen LogP contribution is 2.21. The summed E-state index contributed by atoms with van der Waals surface area (Å²) in [7, 11) is 0. The molecule has 0 aliphatic rings. The third kappa shape index (κ3) is 4.13. The summed E-state index contributed by atoms with van der Waals surface area (Å²) < 4.78 is 0. The molecule has 0 saturated carbocycles. The molecule has 2 nitrogen and oxygen atoms in total. The van der Waals surface area contributed by atoms with Crippen LogP contribution in [-0.4, -0.2) is 22.5 Å². The number of thiazole rings is 1. The summed E-state index contributed by atoms with van der Waals surface area (Å²) in [5.74, 6) is 2.37. The number of hydrogen-bond acceptors (Lipinski definition) is 4. The summed E-state index contributed by atoms with van der Waals surface area (Å²) in [6.07, 6.45) is 0. The Kier molecular flexibility index (Phi) is 5.64. The number of hydrogen-bond donors (Lipinski definition) is 1. The van der Waals surface area contributed by atoms with Crippen molar-refractivity contribution in [1.29, 1.82) is 0 Å². The van der Waals surface area contributed by atoms with Crippen molar-refractivity contribution in [3.8, 4) is 0 Å². The molecule has 1 aromatic heterocycles. The molecule has 0 aromatic carbocycles. The van der Waals surface area contributed by atoms with Gasteiger partial charge in [-0.3, -0.25) is 0 Å². The Labute approximate surface area is 101 Å². The second-order valence-corrected chi connectivity index (χ2v) is 5.96. The molecule has 0 spiro atoms. The minimum Gasteiger partial charge on any atom is -0.306 e. The van der Waals surface area contributed by atoms with E-state index in [0.717, 1.165) is 5.69 Å². The zero-order valence-corrected chi connectivity index (χ0v) is 11.5. The van der Waals surface area contributed by atoms with E-state index in [9.17, 15) is 0 Å². The summed E-state index contributed by atoms with van der Waals surface area (Å²) in [6.45, 7) is 8.74. The normalized spacial score (nSPS) is 15.2. The van der Waals surface area contributed by atoms with E-state index in [1.54, 1.807) is 11.3 Å². The standard InChI is InChI=1S/C11H20N2S2/c1-5-14-6-8(2)13-10(4)11-9(3)12-7-15-11/h7-8,10,13H,5-6H2,1-4H3. The summed E-state index contributed by atoms with van der Waals surface area (Å²) in [5, 5.41) is 3.61. The molecule has 1 aromatic rings.